The summed E-state index contributed by atoms with van der Waals surface area (Å²) >= 11 is 9.15. The molecule has 6 heteroatoms. The van der Waals surface area contributed by atoms with Crippen molar-refractivity contribution in [3.05, 3.63) is 34.3 Å². The molecule has 2 aromatic rings. The van der Waals surface area contributed by atoms with E-state index >= 15 is 0 Å². The first-order chi connectivity index (χ1) is 8.54. The number of aromatic nitrogens is 3. The maximum absolute atomic E-state index is 13.9. The Morgan fingerprint density at radius 1 is 1.39 bits per heavy atom. The highest BCUT2D eigenvalue weighted by molar-refractivity contribution is 9.10. The van der Waals surface area contributed by atoms with Gasteiger partial charge in [0.2, 0.25) is 0 Å². The number of nitrogens with zero attached hydrogens (tertiary/aromatic N) is 3. The van der Waals surface area contributed by atoms with E-state index < -0.39 is 0 Å². The largest absolute Gasteiger partial charge is 0.307 e. The van der Waals surface area contributed by atoms with Gasteiger partial charge in [-0.05, 0) is 32.0 Å². The van der Waals surface area contributed by atoms with Gasteiger partial charge in [-0.25, -0.2) is 4.39 Å². The van der Waals surface area contributed by atoms with Crippen molar-refractivity contribution in [3.63, 3.8) is 0 Å². The molecule has 0 unspecified atom stereocenters. The molecule has 0 atom stereocenters. The van der Waals surface area contributed by atoms with E-state index in [1.165, 1.54) is 6.07 Å². The van der Waals surface area contributed by atoms with Crippen LogP contribution >= 0.6 is 27.5 Å². The van der Waals surface area contributed by atoms with Crippen LogP contribution in [-0.2, 0) is 5.88 Å². The third-order valence-corrected chi connectivity index (χ3v) is 3.30. The minimum atomic E-state index is -0.325. The number of hydrogen-bond acceptors (Lipinski definition) is 2. The molecule has 0 aliphatic carbocycles. The zero-order valence-electron chi connectivity index (χ0n) is 9.99. The fourth-order valence-electron chi connectivity index (χ4n) is 1.81. The number of alkyl halides is 1. The van der Waals surface area contributed by atoms with E-state index in [9.17, 15) is 4.39 Å². The fraction of sp³-hybridized carbons (Fsp3) is 0.333. The topological polar surface area (TPSA) is 30.7 Å². The molecule has 2 rings (SSSR count). The third-order valence-electron chi connectivity index (χ3n) is 2.57. The van der Waals surface area contributed by atoms with Crippen LogP contribution in [0, 0.1) is 5.82 Å². The summed E-state index contributed by atoms with van der Waals surface area (Å²) in [6.07, 6.45) is 0. The second kappa shape index (κ2) is 5.36. The van der Waals surface area contributed by atoms with Gasteiger partial charge in [-0.2, -0.15) is 0 Å². The zero-order valence-corrected chi connectivity index (χ0v) is 12.3. The minimum absolute atomic E-state index is 0.113. The zero-order chi connectivity index (χ0) is 13.3. The molecule has 3 nitrogen and oxygen atoms in total. The lowest BCUT2D eigenvalue weighted by atomic mass is 10.2. The molecule has 0 aliphatic heterocycles. The Morgan fingerprint density at radius 3 is 2.72 bits per heavy atom. The summed E-state index contributed by atoms with van der Waals surface area (Å²) in [7, 11) is 0. The van der Waals surface area contributed by atoms with Gasteiger partial charge in [-0.1, -0.05) is 15.9 Å². The maximum atomic E-state index is 13.9. The Hall–Kier alpha value is -0.940. The van der Waals surface area contributed by atoms with Gasteiger partial charge in [-0.15, -0.1) is 21.8 Å². The highest BCUT2D eigenvalue weighted by Crippen LogP contribution is 2.28. The molecule has 0 N–H and O–H groups in total. The van der Waals surface area contributed by atoms with Crippen LogP contribution in [0.2, 0.25) is 0 Å². The average molecular weight is 333 g/mol. The Morgan fingerprint density at radius 2 is 2.11 bits per heavy atom. The molecule has 0 amide bonds. The van der Waals surface area contributed by atoms with Gasteiger partial charge in [-0.3, -0.25) is 0 Å². The summed E-state index contributed by atoms with van der Waals surface area (Å²) in [5.41, 5.74) is 0.418. The van der Waals surface area contributed by atoms with E-state index in [0.29, 0.717) is 17.2 Å². The highest BCUT2D eigenvalue weighted by Gasteiger charge is 2.18. The van der Waals surface area contributed by atoms with Crippen LogP contribution < -0.4 is 0 Å². The molecule has 1 heterocycles. The summed E-state index contributed by atoms with van der Waals surface area (Å²) in [6.45, 7) is 3.97. The van der Waals surface area contributed by atoms with Gasteiger partial charge >= 0.3 is 0 Å². The van der Waals surface area contributed by atoms with Gasteiger partial charge in [0.25, 0.3) is 0 Å². The van der Waals surface area contributed by atoms with E-state index in [0.717, 1.165) is 4.47 Å². The van der Waals surface area contributed by atoms with Crippen LogP contribution in [-0.4, -0.2) is 14.8 Å². The van der Waals surface area contributed by atoms with Crippen LogP contribution in [0.15, 0.2) is 22.7 Å². The molecule has 1 aromatic heterocycles. The van der Waals surface area contributed by atoms with E-state index in [1.54, 1.807) is 12.1 Å². The molecule has 0 bridgehead atoms. The van der Waals surface area contributed by atoms with Crippen LogP contribution in [0.25, 0.3) is 11.4 Å². The van der Waals surface area contributed by atoms with Crippen molar-refractivity contribution >= 4 is 27.5 Å². The molecule has 0 saturated heterocycles. The summed E-state index contributed by atoms with van der Waals surface area (Å²) in [5.74, 6) is 1.06. The van der Waals surface area contributed by atoms with Crippen molar-refractivity contribution in [2.24, 2.45) is 0 Å². The predicted octanol–water partition coefficient (Wildman–Crippen LogP) is 4.17. The van der Waals surface area contributed by atoms with Gasteiger partial charge < -0.3 is 4.57 Å². The second-order valence-electron chi connectivity index (χ2n) is 4.16. The lowest BCUT2D eigenvalue weighted by Crippen LogP contribution is -2.07. The van der Waals surface area contributed by atoms with Crippen LogP contribution in [0.4, 0.5) is 4.39 Å². The minimum Gasteiger partial charge on any atom is -0.307 e. The molecule has 0 saturated carbocycles. The molecule has 0 spiro atoms. The Kier molecular flexibility index (Phi) is 4.02. The van der Waals surface area contributed by atoms with Gasteiger partial charge in [0.15, 0.2) is 5.82 Å². The molecule has 1 aromatic carbocycles. The van der Waals surface area contributed by atoms with Gasteiger partial charge in [0.1, 0.15) is 11.6 Å². The number of halogens is 3. The molecule has 0 fully saturated rings. The molecular weight excluding hydrogens is 321 g/mol. The molecule has 96 valence electrons. The maximum Gasteiger partial charge on any atom is 0.167 e. The summed E-state index contributed by atoms with van der Waals surface area (Å²) in [6, 6.07) is 4.86. The SMILES string of the molecule is CC(C)n1c(CCl)nnc1-c1cc(Br)ccc1F. The van der Waals surface area contributed by atoms with Crippen LogP contribution in [0.1, 0.15) is 25.7 Å². The molecule has 18 heavy (non-hydrogen) atoms. The van der Waals surface area contributed by atoms with E-state index in [1.807, 2.05) is 18.4 Å². The standard InChI is InChI=1S/C12H12BrClFN3/c1-7(2)18-11(6-14)16-17-12(18)9-5-8(13)3-4-10(9)15/h3-5,7H,6H2,1-2H3. The summed E-state index contributed by atoms with van der Waals surface area (Å²) in [5, 5.41) is 8.05. The average Bonchev–Trinajstić information content (AvgIpc) is 2.75. The van der Waals surface area contributed by atoms with Crippen molar-refractivity contribution in [3.8, 4) is 11.4 Å². The van der Waals surface area contributed by atoms with Crippen molar-refractivity contribution in [2.75, 3.05) is 0 Å². The Balaban J connectivity index is 2.63. The fourth-order valence-corrected chi connectivity index (χ4v) is 2.35. The normalized spacial score (nSPS) is 11.2. The van der Waals surface area contributed by atoms with Crippen LogP contribution in [0.5, 0.6) is 0 Å². The van der Waals surface area contributed by atoms with Gasteiger partial charge in [0.05, 0.1) is 11.4 Å². The monoisotopic (exact) mass is 331 g/mol. The summed E-state index contributed by atoms with van der Waals surface area (Å²) < 4.78 is 16.5. The molecular formula is C12H12BrClFN3. The lowest BCUT2D eigenvalue weighted by Gasteiger charge is -2.13. The highest BCUT2D eigenvalue weighted by atomic mass is 79.9. The smallest absolute Gasteiger partial charge is 0.167 e. The van der Waals surface area contributed by atoms with Crippen molar-refractivity contribution in [2.45, 2.75) is 25.8 Å². The predicted molar refractivity (Wildman–Crippen MR) is 73.1 cm³/mol. The first-order valence-corrected chi connectivity index (χ1v) is 6.82. The van der Waals surface area contributed by atoms with Crippen molar-refractivity contribution in [1.29, 1.82) is 0 Å². The van der Waals surface area contributed by atoms with E-state index in [2.05, 4.69) is 26.1 Å². The van der Waals surface area contributed by atoms with Crippen LogP contribution in [0.3, 0.4) is 0 Å². The lowest BCUT2D eigenvalue weighted by molar-refractivity contribution is 0.578. The number of benzene rings is 1. The first kappa shape index (κ1) is 13.5. The van der Waals surface area contributed by atoms with Crippen molar-refractivity contribution < 1.29 is 4.39 Å². The third kappa shape index (κ3) is 2.42. The quantitative estimate of drug-likeness (QED) is 0.790. The van der Waals surface area contributed by atoms with E-state index in [-0.39, 0.29) is 17.7 Å². The molecule has 0 radical (unpaired) electrons. The Bertz CT molecular complexity index is 568. The first-order valence-electron chi connectivity index (χ1n) is 5.49. The van der Waals surface area contributed by atoms with Gasteiger partial charge in [0, 0.05) is 10.5 Å². The van der Waals surface area contributed by atoms with Crippen molar-refractivity contribution in [1.82, 2.24) is 14.8 Å². The number of hydrogen-bond donors (Lipinski definition) is 0. The van der Waals surface area contributed by atoms with E-state index in [4.69, 9.17) is 11.6 Å². The number of rotatable bonds is 3. The molecule has 0 aliphatic rings. The summed E-state index contributed by atoms with van der Waals surface area (Å²) in [4.78, 5) is 0. The Labute approximate surface area is 118 Å². The second-order valence-corrected chi connectivity index (χ2v) is 5.34.